The third-order valence-corrected chi connectivity index (χ3v) is 8.63. The fourth-order valence-electron chi connectivity index (χ4n) is 6.59. The lowest BCUT2D eigenvalue weighted by Crippen LogP contribution is -2.58. The number of hydrogen-bond donors (Lipinski definition) is 2. The lowest BCUT2D eigenvalue weighted by molar-refractivity contribution is -0.177. The molecule has 1 saturated heterocycles. The first-order valence-corrected chi connectivity index (χ1v) is 12.0. The predicted molar refractivity (Wildman–Crippen MR) is 117 cm³/mol. The van der Waals surface area contributed by atoms with Gasteiger partial charge in [0.1, 0.15) is 6.10 Å². The Kier molecular flexibility index (Phi) is 4.41. The summed E-state index contributed by atoms with van der Waals surface area (Å²) < 4.78 is 7.02. The van der Waals surface area contributed by atoms with Crippen molar-refractivity contribution in [2.45, 2.75) is 56.3 Å². The van der Waals surface area contributed by atoms with Gasteiger partial charge in [0.2, 0.25) is 0 Å². The second-order valence-electron chi connectivity index (χ2n) is 9.93. The van der Waals surface area contributed by atoms with Gasteiger partial charge in [-0.1, -0.05) is 11.3 Å². The Morgan fingerprint density at radius 3 is 2.87 bits per heavy atom. The van der Waals surface area contributed by atoms with Gasteiger partial charge in [-0.2, -0.15) is 5.26 Å². The number of thiazole rings is 1. The molecule has 1 aromatic carbocycles. The summed E-state index contributed by atoms with van der Waals surface area (Å²) in [5.74, 6) is 1.24. The molecule has 3 unspecified atom stereocenters. The van der Waals surface area contributed by atoms with Gasteiger partial charge in [-0.05, 0) is 74.5 Å². The Morgan fingerprint density at radius 2 is 2.13 bits per heavy atom. The van der Waals surface area contributed by atoms with E-state index in [1.165, 1.54) is 11.3 Å². The van der Waals surface area contributed by atoms with Crippen LogP contribution in [0.5, 0.6) is 0 Å². The molecule has 162 valence electrons. The molecule has 1 amide bonds. The van der Waals surface area contributed by atoms with Crippen molar-refractivity contribution in [3.05, 3.63) is 23.8 Å². The van der Waals surface area contributed by atoms with Gasteiger partial charge in [-0.3, -0.25) is 0 Å². The molecule has 31 heavy (non-hydrogen) atoms. The van der Waals surface area contributed by atoms with Crippen LogP contribution in [0.3, 0.4) is 0 Å². The zero-order valence-corrected chi connectivity index (χ0v) is 18.1. The highest BCUT2D eigenvalue weighted by Crippen LogP contribution is 2.56. The van der Waals surface area contributed by atoms with Gasteiger partial charge in [0, 0.05) is 19.1 Å². The van der Waals surface area contributed by atoms with E-state index in [0.29, 0.717) is 36.4 Å². The first-order chi connectivity index (χ1) is 15.0. The number of benzene rings is 1. The van der Waals surface area contributed by atoms with E-state index in [-0.39, 0.29) is 18.2 Å². The molecular formula is C23H26N4O3S. The minimum atomic E-state index is -0.507. The molecule has 1 aliphatic heterocycles. The van der Waals surface area contributed by atoms with Crippen molar-refractivity contribution in [3.63, 3.8) is 0 Å². The molecule has 5 fully saturated rings. The van der Waals surface area contributed by atoms with Crippen LogP contribution in [-0.2, 0) is 4.74 Å². The maximum atomic E-state index is 12.9. The van der Waals surface area contributed by atoms with Crippen LogP contribution >= 0.6 is 11.3 Å². The summed E-state index contributed by atoms with van der Waals surface area (Å²) in [6.45, 7) is 1.28. The number of nitriles is 1. The highest BCUT2D eigenvalue weighted by Gasteiger charge is 2.56. The van der Waals surface area contributed by atoms with E-state index in [9.17, 15) is 9.90 Å². The van der Waals surface area contributed by atoms with Crippen molar-refractivity contribution in [2.75, 3.05) is 18.4 Å². The number of fused-ring (bicyclic) bond motifs is 1. The predicted octanol–water partition coefficient (Wildman–Crippen LogP) is 3.73. The zero-order chi connectivity index (χ0) is 21.2. The highest BCUT2D eigenvalue weighted by atomic mass is 32.1. The number of likely N-dealkylation sites (tertiary alicyclic amines) is 1. The quantitative estimate of drug-likeness (QED) is 0.758. The molecule has 7 rings (SSSR count). The molecule has 1 aromatic heterocycles. The number of rotatable bonds is 3. The van der Waals surface area contributed by atoms with Gasteiger partial charge < -0.3 is 20.1 Å². The van der Waals surface area contributed by atoms with E-state index in [1.54, 1.807) is 11.0 Å². The molecule has 7 nitrogen and oxygen atoms in total. The number of nitrogens with zero attached hydrogens (tertiary/aromatic N) is 3. The van der Waals surface area contributed by atoms with E-state index in [2.05, 4.69) is 16.4 Å². The first-order valence-electron chi connectivity index (χ1n) is 11.2. The summed E-state index contributed by atoms with van der Waals surface area (Å²) in [6.07, 6.45) is 5.29. The molecule has 8 heteroatoms. The van der Waals surface area contributed by atoms with Crippen LogP contribution in [0.2, 0.25) is 0 Å². The normalized spacial score (nSPS) is 36.0. The van der Waals surface area contributed by atoms with Gasteiger partial charge in [-0.25, -0.2) is 9.78 Å². The average molecular weight is 439 g/mol. The van der Waals surface area contributed by atoms with Crippen LogP contribution in [0.4, 0.5) is 9.93 Å². The number of aromatic nitrogens is 1. The maximum absolute atomic E-state index is 12.9. The van der Waals surface area contributed by atoms with Gasteiger partial charge in [-0.15, -0.1) is 0 Å². The number of carbonyl (C=O) groups excluding carboxylic acids is 1. The average Bonchev–Trinajstić information content (AvgIpc) is 3.35. The van der Waals surface area contributed by atoms with Gasteiger partial charge in [0.15, 0.2) is 5.13 Å². The monoisotopic (exact) mass is 438 g/mol. The number of hydrogen-bond acceptors (Lipinski definition) is 7. The Balaban J connectivity index is 1.07. The van der Waals surface area contributed by atoms with Gasteiger partial charge >= 0.3 is 6.09 Å². The zero-order valence-electron chi connectivity index (χ0n) is 17.3. The summed E-state index contributed by atoms with van der Waals surface area (Å²) in [6, 6.07) is 7.81. The molecule has 2 N–H and O–H groups in total. The molecule has 2 aromatic rings. The van der Waals surface area contributed by atoms with E-state index in [4.69, 9.17) is 10.00 Å². The molecule has 4 aliphatic carbocycles. The van der Waals surface area contributed by atoms with Crippen molar-refractivity contribution in [3.8, 4) is 6.07 Å². The fourth-order valence-corrected chi connectivity index (χ4v) is 7.57. The van der Waals surface area contributed by atoms with Crippen LogP contribution in [-0.4, -0.2) is 51.9 Å². The molecule has 0 spiro atoms. The topological polar surface area (TPSA) is 98.5 Å². The van der Waals surface area contributed by atoms with Crippen molar-refractivity contribution in [2.24, 2.45) is 17.8 Å². The Bertz CT molecular complexity index is 1060. The maximum Gasteiger partial charge on any atom is 0.410 e. The summed E-state index contributed by atoms with van der Waals surface area (Å²) in [5.41, 5.74) is 1.01. The second-order valence-corrected chi connectivity index (χ2v) is 11.0. The fraction of sp³-hybridized carbons (Fsp3) is 0.609. The minimum absolute atomic E-state index is 0.0325. The van der Waals surface area contributed by atoms with E-state index in [0.717, 1.165) is 53.9 Å². The van der Waals surface area contributed by atoms with Crippen LogP contribution in [0.25, 0.3) is 10.2 Å². The lowest BCUT2D eigenvalue weighted by atomic mass is 9.53. The summed E-state index contributed by atoms with van der Waals surface area (Å²) in [5, 5.41) is 24.1. The Labute approximate surface area is 185 Å². The number of anilines is 1. The minimum Gasteiger partial charge on any atom is -0.446 e. The molecule has 4 saturated carbocycles. The van der Waals surface area contributed by atoms with Crippen LogP contribution in [0.15, 0.2) is 18.2 Å². The van der Waals surface area contributed by atoms with E-state index < -0.39 is 5.60 Å². The second kappa shape index (κ2) is 7.07. The highest BCUT2D eigenvalue weighted by molar-refractivity contribution is 7.22. The third kappa shape index (κ3) is 3.44. The van der Waals surface area contributed by atoms with Crippen molar-refractivity contribution >= 4 is 32.8 Å². The first kappa shape index (κ1) is 19.3. The number of ether oxygens (including phenoxy) is 1. The number of amides is 1. The standard InChI is InChI=1S/C23H26N4O3S/c24-11-13-1-2-18-19(7-13)31-21(26-18)25-17-3-4-27(12-17)22(28)30-20-15-5-14-6-16(20)10-23(29,8-14)9-15/h1-2,7,14-17,20,29H,3-6,8-10,12H2,(H,25,26)/t14?,15-,16?,17+,20?,23-/m0/s1. The van der Waals surface area contributed by atoms with Gasteiger partial charge in [0.05, 0.1) is 27.5 Å². The van der Waals surface area contributed by atoms with Crippen molar-refractivity contribution in [1.82, 2.24) is 9.88 Å². The molecule has 2 heterocycles. The number of carbonyl (C=O) groups is 1. The van der Waals surface area contributed by atoms with Crippen molar-refractivity contribution < 1.29 is 14.6 Å². The van der Waals surface area contributed by atoms with E-state index in [1.807, 2.05) is 12.1 Å². The van der Waals surface area contributed by atoms with E-state index >= 15 is 0 Å². The van der Waals surface area contributed by atoms with Gasteiger partial charge in [0.25, 0.3) is 0 Å². The number of aliphatic hydroxyl groups is 1. The SMILES string of the molecule is N#Cc1ccc2nc(N[C@@H]3CCN(C(=O)OC4C5CC6C[C@H]4C[C@@](O)(C6)C5)C3)sc2c1. The molecule has 0 radical (unpaired) electrons. The summed E-state index contributed by atoms with van der Waals surface area (Å²) in [4.78, 5) is 19.3. The molecule has 6 atom stereocenters. The largest absolute Gasteiger partial charge is 0.446 e. The third-order valence-electron chi connectivity index (χ3n) is 7.68. The smallest absolute Gasteiger partial charge is 0.410 e. The van der Waals surface area contributed by atoms with Crippen molar-refractivity contribution in [1.29, 1.82) is 5.26 Å². The molecule has 5 aliphatic rings. The van der Waals surface area contributed by atoms with Crippen LogP contribution in [0, 0.1) is 29.1 Å². The molecular weight excluding hydrogens is 412 g/mol. The summed E-state index contributed by atoms with van der Waals surface area (Å²) >= 11 is 1.54. The summed E-state index contributed by atoms with van der Waals surface area (Å²) in [7, 11) is 0. The Hall–Kier alpha value is -2.37. The lowest BCUT2D eigenvalue weighted by Gasteiger charge is -2.57. The van der Waals surface area contributed by atoms with Crippen LogP contribution < -0.4 is 5.32 Å². The number of nitrogens with one attached hydrogen (secondary N) is 1. The van der Waals surface area contributed by atoms with Crippen LogP contribution in [0.1, 0.15) is 44.1 Å². The molecule has 4 bridgehead atoms. The Morgan fingerprint density at radius 1 is 1.32 bits per heavy atom.